The average molecular weight is 322 g/mol. The Morgan fingerprint density at radius 2 is 1.83 bits per heavy atom. The number of aryl methyl sites for hydroxylation is 1. The number of amides is 2. The van der Waals surface area contributed by atoms with E-state index in [0.29, 0.717) is 19.5 Å². The lowest BCUT2D eigenvalue weighted by molar-refractivity contribution is -0.138. The highest BCUT2D eigenvalue weighted by molar-refractivity contribution is 5.86. The summed E-state index contributed by atoms with van der Waals surface area (Å²) in [5.74, 6) is -0.0476. The van der Waals surface area contributed by atoms with E-state index in [0.717, 1.165) is 5.56 Å². The standard InChI is InChI=1S/C20H22N2O2/c1-15-7-5-6-10-17(15)18(16-8-3-2-4-9-16)13-20(24)22-12-11-21-19(23)14-22/h2-10,18H,11-14H2,1H3,(H,21,23). The summed E-state index contributed by atoms with van der Waals surface area (Å²) in [6.45, 7) is 3.35. The van der Waals surface area contributed by atoms with Gasteiger partial charge in [0.2, 0.25) is 11.8 Å². The highest BCUT2D eigenvalue weighted by Crippen LogP contribution is 2.30. The van der Waals surface area contributed by atoms with Crippen molar-refractivity contribution in [2.75, 3.05) is 19.6 Å². The zero-order valence-corrected chi connectivity index (χ0v) is 13.9. The minimum absolute atomic E-state index is 0.00453. The van der Waals surface area contributed by atoms with Crippen LogP contribution in [0.15, 0.2) is 54.6 Å². The van der Waals surface area contributed by atoms with Crippen LogP contribution in [0.25, 0.3) is 0 Å². The highest BCUT2D eigenvalue weighted by Gasteiger charge is 2.26. The molecule has 2 aromatic rings. The Hall–Kier alpha value is -2.62. The SMILES string of the molecule is Cc1ccccc1C(CC(=O)N1CCNC(=O)C1)c1ccccc1. The van der Waals surface area contributed by atoms with Crippen LogP contribution >= 0.6 is 0 Å². The predicted octanol–water partition coefficient (Wildman–Crippen LogP) is 2.48. The highest BCUT2D eigenvalue weighted by atomic mass is 16.2. The average Bonchev–Trinajstić information content (AvgIpc) is 2.61. The molecule has 0 saturated carbocycles. The van der Waals surface area contributed by atoms with Crippen molar-refractivity contribution in [2.24, 2.45) is 0 Å². The van der Waals surface area contributed by atoms with Crippen LogP contribution in [0.2, 0.25) is 0 Å². The number of piperazine rings is 1. The van der Waals surface area contributed by atoms with Gasteiger partial charge in [0, 0.05) is 25.4 Å². The molecule has 1 aliphatic rings. The zero-order valence-electron chi connectivity index (χ0n) is 13.9. The van der Waals surface area contributed by atoms with Crippen molar-refractivity contribution < 1.29 is 9.59 Å². The lowest BCUT2D eigenvalue weighted by atomic mass is 9.85. The van der Waals surface area contributed by atoms with Gasteiger partial charge in [0.1, 0.15) is 0 Å². The summed E-state index contributed by atoms with van der Waals surface area (Å²) in [6, 6.07) is 18.3. The summed E-state index contributed by atoms with van der Waals surface area (Å²) in [7, 11) is 0. The summed E-state index contributed by atoms with van der Waals surface area (Å²) < 4.78 is 0. The monoisotopic (exact) mass is 322 g/mol. The molecular weight excluding hydrogens is 300 g/mol. The molecule has 0 aliphatic carbocycles. The van der Waals surface area contributed by atoms with Gasteiger partial charge >= 0.3 is 0 Å². The van der Waals surface area contributed by atoms with Crippen molar-refractivity contribution in [3.8, 4) is 0 Å². The minimum atomic E-state index is -0.0817. The molecule has 4 nitrogen and oxygen atoms in total. The second kappa shape index (κ2) is 7.30. The molecule has 0 aromatic heterocycles. The molecule has 1 N–H and O–H groups in total. The van der Waals surface area contributed by atoms with Gasteiger partial charge in [0.15, 0.2) is 0 Å². The van der Waals surface area contributed by atoms with E-state index < -0.39 is 0 Å². The first-order valence-corrected chi connectivity index (χ1v) is 8.30. The number of hydrogen-bond acceptors (Lipinski definition) is 2. The number of benzene rings is 2. The minimum Gasteiger partial charge on any atom is -0.353 e. The Kier molecular flexibility index (Phi) is 4.94. The van der Waals surface area contributed by atoms with Crippen molar-refractivity contribution in [3.63, 3.8) is 0 Å². The van der Waals surface area contributed by atoms with Crippen LogP contribution in [-0.4, -0.2) is 36.3 Å². The zero-order chi connectivity index (χ0) is 16.9. The normalized spacial score (nSPS) is 15.7. The fourth-order valence-corrected chi connectivity index (χ4v) is 3.23. The molecule has 24 heavy (non-hydrogen) atoms. The molecule has 2 amide bonds. The molecule has 1 aliphatic heterocycles. The van der Waals surface area contributed by atoms with Gasteiger partial charge in [-0.3, -0.25) is 9.59 Å². The third kappa shape index (κ3) is 3.65. The summed E-state index contributed by atoms with van der Waals surface area (Å²) in [4.78, 5) is 26.0. The molecule has 0 bridgehead atoms. The van der Waals surface area contributed by atoms with Gasteiger partial charge in [0.25, 0.3) is 0 Å². The molecule has 4 heteroatoms. The maximum atomic E-state index is 12.8. The first-order valence-electron chi connectivity index (χ1n) is 8.30. The van der Waals surface area contributed by atoms with E-state index in [1.807, 2.05) is 30.3 Å². The quantitative estimate of drug-likeness (QED) is 0.940. The fourth-order valence-electron chi connectivity index (χ4n) is 3.23. The van der Waals surface area contributed by atoms with Gasteiger partial charge in [-0.2, -0.15) is 0 Å². The van der Waals surface area contributed by atoms with Crippen molar-refractivity contribution in [1.29, 1.82) is 0 Å². The van der Waals surface area contributed by atoms with Gasteiger partial charge in [-0.25, -0.2) is 0 Å². The number of carbonyl (C=O) groups excluding carboxylic acids is 2. The topological polar surface area (TPSA) is 49.4 Å². The van der Waals surface area contributed by atoms with Gasteiger partial charge in [0.05, 0.1) is 6.54 Å². The lowest BCUT2D eigenvalue weighted by Gasteiger charge is -2.29. The molecule has 1 saturated heterocycles. The summed E-state index contributed by atoms with van der Waals surface area (Å²) in [5, 5.41) is 2.76. The molecule has 0 spiro atoms. The second-order valence-corrected chi connectivity index (χ2v) is 6.19. The summed E-state index contributed by atoms with van der Waals surface area (Å²) in [5.41, 5.74) is 3.47. The van der Waals surface area contributed by atoms with Crippen LogP contribution in [0.4, 0.5) is 0 Å². The van der Waals surface area contributed by atoms with Gasteiger partial charge in [-0.1, -0.05) is 54.6 Å². The molecular formula is C20H22N2O2. The Labute approximate surface area is 142 Å². The third-order valence-corrected chi connectivity index (χ3v) is 4.54. The molecule has 1 atom stereocenters. The van der Waals surface area contributed by atoms with E-state index >= 15 is 0 Å². The lowest BCUT2D eigenvalue weighted by Crippen LogP contribution is -2.50. The maximum absolute atomic E-state index is 12.8. The van der Waals surface area contributed by atoms with E-state index in [9.17, 15) is 9.59 Å². The largest absolute Gasteiger partial charge is 0.353 e. The molecule has 124 valence electrons. The second-order valence-electron chi connectivity index (χ2n) is 6.19. The van der Waals surface area contributed by atoms with Crippen molar-refractivity contribution in [2.45, 2.75) is 19.3 Å². The number of nitrogens with zero attached hydrogens (tertiary/aromatic N) is 1. The van der Waals surface area contributed by atoms with Crippen molar-refractivity contribution in [3.05, 3.63) is 71.3 Å². The van der Waals surface area contributed by atoms with Crippen LogP contribution in [0, 0.1) is 6.92 Å². The number of nitrogens with one attached hydrogen (secondary N) is 1. The Bertz CT molecular complexity index is 727. The molecule has 3 rings (SSSR count). The molecule has 1 fully saturated rings. The van der Waals surface area contributed by atoms with E-state index in [-0.39, 0.29) is 24.3 Å². The summed E-state index contributed by atoms with van der Waals surface area (Å²) in [6.07, 6.45) is 0.377. The Balaban J connectivity index is 1.87. The van der Waals surface area contributed by atoms with Crippen LogP contribution in [0.1, 0.15) is 29.0 Å². The smallest absolute Gasteiger partial charge is 0.239 e. The summed E-state index contributed by atoms with van der Waals surface area (Å²) >= 11 is 0. The van der Waals surface area contributed by atoms with E-state index in [1.165, 1.54) is 11.1 Å². The molecule has 1 heterocycles. The van der Waals surface area contributed by atoms with Gasteiger partial charge < -0.3 is 10.2 Å². The first kappa shape index (κ1) is 16.2. The first-order chi connectivity index (χ1) is 11.6. The van der Waals surface area contributed by atoms with Gasteiger partial charge in [-0.05, 0) is 23.6 Å². The van der Waals surface area contributed by atoms with Crippen LogP contribution in [0.3, 0.4) is 0 Å². The van der Waals surface area contributed by atoms with Gasteiger partial charge in [-0.15, -0.1) is 0 Å². The number of rotatable bonds is 4. The van der Waals surface area contributed by atoms with Crippen LogP contribution in [-0.2, 0) is 9.59 Å². The molecule has 2 aromatic carbocycles. The van der Waals surface area contributed by atoms with Crippen molar-refractivity contribution in [1.82, 2.24) is 10.2 Å². The van der Waals surface area contributed by atoms with Crippen molar-refractivity contribution >= 4 is 11.8 Å². The third-order valence-electron chi connectivity index (χ3n) is 4.54. The molecule has 0 radical (unpaired) electrons. The van der Waals surface area contributed by atoms with E-state index in [4.69, 9.17) is 0 Å². The Morgan fingerprint density at radius 3 is 2.54 bits per heavy atom. The van der Waals surface area contributed by atoms with E-state index in [2.05, 4.69) is 36.5 Å². The van der Waals surface area contributed by atoms with Crippen LogP contribution in [0.5, 0.6) is 0 Å². The Morgan fingerprint density at radius 1 is 1.12 bits per heavy atom. The van der Waals surface area contributed by atoms with E-state index in [1.54, 1.807) is 4.90 Å². The maximum Gasteiger partial charge on any atom is 0.239 e. The number of carbonyl (C=O) groups is 2. The molecule has 1 unspecified atom stereocenters. The van der Waals surface area contributed by atoms with Crippen LogP contribution < -0.4 is 5.32 Å². The fraction of sp³-hybridized carbons (Fsp3) is 0.300. The number of hydrogen-bond donors (Lipinski definition) is 1. The predicted molar refractivity (Wildman–Crippen MR) is 93.7 cm³/mol.